The lowest BCUT2D eigenvalue weighted by Crippen LogP contribution is -2.01. The molecule has 0 N–H and O–H groups in total. The highest BCUT2D eigenvalue weighted by atomic mass is 35.5. The Morgan fingerprint density at radius 3 is 2.45 bits per heavy atom. The molecule has 0 radical (unpaired) electrons. The van der Waals surface area contributed by atoms with E-state index in [9.17, 15) is 4.79 Å². The van der Waals surface area contributed by atoms with Gasteiger partial charge in [0.25, 0.3) is 0 Å². The van der Waals surface area contributed by atoms with Crippen molar-refractivity contribution < 1.29 is 9.21 Å². The van der Waals surface area contributed by atoms with Gasteiger partial charge in [0, 0.05) is 39.4 Å². The molecule has 3 aromatic heterocycles. The van der Waals surface area contributed by atoms with Gasteiger partial charge in [0.15, 0.2) is 0 Å². The van der Waals surface area contributed by atoms with Crippen LogP contribution >= 0.6 is 22.9 Å². The van der Waals surface area contributed by atoms with Crippen LogP contribution in [0, 0.1) is 6.92 Å². The van der Waals surface area contributed by atoms with Gasteiger partial charge in [-0.25, -0.2) is 9.97 Å². The molecule has 0 spiro atoms. The van der Waals surface area contributed by atoms with Crippen molar-refractivity contribution in [3.8, 4) is 27.8 Å². The summed E-state index contributed by atoms with van der Waals surface area (Å²) in [6, 6.07) is 18.6. The highest BCUT2D eigenvalue weighted by Gasteiger charge is 2.15. The number of halogens is 1. The number of thiazole rings is 1. The first-order valence-corrected chi connectivity index (χ1v) is 10.8. The van der Waals surface area contributed by atoms with E-state index in [2.05, 4.69) is 9.97 Å². The molecule has 0 saturated heterocycles. The van der Waals surface area contributed by atoms with E-state index in [-0.39, 0.29) is 5.78 Å². The molecule has 2 aromatic carbocycles. The first kappa shape index (κ1) is 19.5. The maximum atomic E-state index is 12.9. The third-order valence-electron chi connectivity index (χ3n) is 4.82. The van der Waals surface area contributed by atoms with Gasteiger partial charge in [-0.15, -0.1) is 11.3 Å². The summed E-state index contributed by atoms with van der Waals surface area (Å²) in [5.74, 6) is 1.30. The van der Waals surface area contributed by atoms with Crippen molar-refractivity contribution in [3.63, 3.8) is 0 Å². The molecule has 0 fully saturated rings. The molecule has 0 aliphatic rings. The minimum atomic E-state index is -0.114. The number of carbonyl (C=O) groups excluding carboxylic acids is 1. The van der Waals surface area contributed by atoms with Crippen LogP contribution in [0.25, 0.3) is 27.8 Å². The van der Waals surface area contributed by atoms with E-state index in [1.54, 1.807) is 23.8 Å². The Morgan fingerprint density at radius 2 is 1.74 bits per heavy atom. The summed E-state index contributed by atoms with van der Waals surface area (Å²) in [5.41, 5.74) is 3.75. The highest BCUT2D eigenvalue weighted by Crippen LogP contribution is 2.28. The van der Waals surface area contributed by atoms with Crippen molar-refractivity contribution in [3.05, 3.63) is 101 Å². The van der Waals surface area contributed by atoms with Crippen LogP contribution in [0.2, 0.25) is 5.02 Å². The summed E-state index contributed by atoms with van der Waals surface area (Å²) in [6.45, 7) is 1.93. The van der Waals surface area contributed by atoms with E-state index in [1.807, 2.05) is 66.2 Å². The predicted octanol–water partition coefficient (Wildman–Crippen LogP) is 6.45. The Balaban J connectivity index is 1.35. The van der Waals surface area contributed by atoms with Crippen LogP contribution in [0.3, 0.4) is 0 Å². The maximum Gasteiger partial charge on any atom is 0.212 e. The standard InChI is InChI=1S/C24H16ClN3O2S/c1-15-12-28(14-26-15)22-11-10-21(30-22)16-2-4-17(5-3-16)23(29)20-13-31-24(27-20)18-6-8-19(25)9-7-18/h2-14H,1H3. The molecule has 0 atom stereocenters. The first-order valence-electron chi connectivity index (χ1n) is 9.54. The third-order valence-corrected chi connectivity index (χ3v) is 5.96. The Morgan fingerprint density at radius 1 is 1.00 bits per heavy atom. The van der Waals surface area contributed by atoms with E-state index in [4.69, 9.17) is 16.0 Å². The van der Waals surface area contributed by atoms with E-state index in [0.29, 0.717) is 22.2 Å². The number of furan rings is 1. The lowest BCUT2D eigenvalue weighted by molar-refractivity contribution is 0.103. The van der Waals surface area contributed by atoms with Gasteiger partial charge in [-0.05, 0) is 25.1 Å². The van der Waals surface area contributed by atoms with Crippen molar-refractivity contribution in [1.29, 1.82) is 0 Å². The second kappa shape index (κ2) is 7.98. The van der Waals surface area contributed by atoms with Crippen molar-refractivity contribution >= 4 is 28.7 Å². The Hall–Kier alpha value is -3.48. The molecule has 5 rings (SSSR count). The van der Waals surface area contributed by atoms with Crippen molar-refractivity contribution in [2.24, 2.45) is 0 Å². The summed E-state index contributed by atoms with van der Waals surface area (Å²) in [7, 11) is 0. The topological polar surface area (TPSA) is 60.9 Å². The van der Waals surface area contributed by atoms with E-state index < -0.39 is 0 Å². The Bertz CT molecular complexity index is 1360. The number of hydrogen-bond donors (Lipinski definition) is 0. The van der Waals surface area contributed by atoms with Crippen LogP contribution in [0.1, 0.15) is 21.7 Å². The molecular formula is C24H16ClN3O2S. The maximum absolute atomic E-state index is 12.9. The van der Waals surface area contributed by atoms with Crippen molar-refractivity contribution in [1.82, 2.24) is 14.5 Å². The van der Waals surface area contributed by atoms with E-state index in [0.717, 1.165) is 27.6 Å². The predicted molar refractivity (Wildman–Crippen MR) is 122 cm³/mol. The van der Waals surface area contributed by atoms with Gasteiger partial charge in [0.05, 0.1) is 5.69 Å². The molecule has 7 heteroatoms. The van der Waals surface area contributed by atoms with Crippen LogP contribution < -0.4 is 0 Å². The number of carbonyl (C=O) groups is 1. The zero-order chi connectivity index (χ0) is 21.4. The number of imidazole rings is 1. The average Bonchev–Trinajstić information content (AvgIpc) is 3.54. The largest absolute Gasteiger partial charge is 0.440 e. The van der Waals surface area contributed by atoms with Gasteiger partial charge in [0.1, 0.15) is 22.8 Å². The summed E-state index contributed by atoms with van der Waals surface area (Å²) in [5, 5.41) is 3.24. The molecule has 0 amide bonds. The molecule has 5 nitrogen and oxygen atoms in total. The number of aromatic nitrogens is 3. The molecule has 152 valence electrons. The Labute approximate surface area is 187 Å². The number of nitrogens with zero attached hydrogens (tertiary/aromatic N) is 3. The van der Waals surface area contributed by atoms with Gasteiger partial charge < -0.3 is 4.42 Å². The molecule has 0 saturated carbocycles. The molecule has 5 aromatic rings. The minimum absolute atomic E-state index is 0.114. The van der Waals surface area contributed by atoms with Gasteiger partial charge in [-0.3, -0.25) is 9.36 Å². The summed E-state index contributed by atoms with van der Waals surface area (Å²) >= 11 is 7.38. The molecule has 0 aliphatic carbocycles. The molecule has 0 unspecified atom stereocenters. The van der Waals surface area contributed by atoms with E-state index >= 15 is 0 Å². The van der Waals surface area contributed by atoms with Gasteiger partial charge in [0.2, 0.25) is 11.7 Å². The molecule has 0 aliphatic heterocycles. The molecule has 3 heterocycles. The van der Waals surface area contributed by atoms with Gasteiger partial charge >= 0.3 is 0 Å². The van der Waals surface area contributed by atoms with Crippen molar-refractivity contribution in [2.45, 2.75) is 6.92 Å². The lowest BCUT2D eigenvalue weighted by Gasteiger charge is -2.01. The summed E-state index contributed by atoms with van der Waals surface area (Å²) in [4.78, 5) is 21.6. The average molecular weight is 446 g/mol. The number of benzene rings is 2. The lowest BCUT2D eigenvalue weighted by atomic mass is 10.1. The second-order valence-corrected chi connectivity index (χ2v) is 8.31. The van der Waals surface area contributed by atoms with Crippen LogP contribution in [0.4, 0.5) is 0 Å². The SMILES string of the molecule is Cc1cn(-c2ccc(-c3ccc(C(=O)c4csc(-c5ccc(Cl)cc5)n4)cc3)o2)cn1. The van der Waals surface area contributed by atoms with Crippen LogP contribution in [-0.2, 0) is 0 Å². The zero-order valence-electron chi connectivity index (χ0n) is 16.4. The van der Waals surface area contributed by atoms with E-state index in [1.165, 1.54) is 11.3 Å². The first-order chi connectivity index (χ1) is 15.1. The van der Waals surface area contributed by atoms with Crippen LogP contribution in [0.15, 0.2) is 83.0 Å². The summed E-state index contributed by atoms with van der Waals surface area (Å²) in [6.07, 6.45) is 3.61. The quantitative estimate of drug-likeness (QED) is 0.292. The van der Waals surface area contributed by atoms with Gasteiger partial charge in [-0.1, -0.05) is 48.0 Å². The normalized spacial score (nSPS) is 11.0. The summed E-state index contributed by atoms with van der Waals surface area (Å²) < 4.78 is 7.76. The van der Waals surface area contributed by atoms with Crippen LogP contribution in [-0.4, -0.2) is 20.3 Å². The fraction of sp³-hybridized carbons (Fsp3) is 0.0417. The minimum Gasteiger partial charge on any atom is -0.440 e. The van der Waals surface area contributed by atoms with Crippen molar-refractivity contribution in [2.75, 3.05) is 0 Å². The number of aryl methyl sites for hydroxylation is 1. The van der Waals surface area contributed by atoms with Gasteiger partial charge in [-0.2, -0.15) is 0 Å². The highest BCUT2D eigenvalue weighted by molar-refractivity contribution is 7.13. The third kappa shape index (κ3) is 3.95. The molecular weight excluding hydrogens is 430 g/mol. The smallest absolute Gasteiger partial charge is 0.212 e. The number of ketones is 1. The Kier molecular flexibility index (Phi) is 5.02. The van der Waals surface area contributed by atoms with Crippen LogP contribution in [0.5, 0.6) is 0 Å². The number of rotatable bonds is 5. The monoisotopic (exact) mass is 445 g/mol. The fourth-order valence-electron chi connectivity index (χ4n) is 3.20. The second-order valence-electron chi connectivity index (χ2n) is 7.01. The molecule has 31 heavy (non-hydrogen) atoms. The molecule has 0 bridgehead atoms. The fourth-order valence-corrected chi connectivity index (χ4v) is 4.13. The number of hydrogen-bond acceptors (Lipinski definition) is 5. The zero-order valence-corrected chi connectivity index (χ0v) is 18.0.